The van der Waals surface area contributed by atoms with E-state index < -0.39 is 6.10 Å². The Balaban J connectivity index is 1.97. The summed E-state index contributed by atoms with van der Waals surface area (Å²) in [5, 5.41) is 27.0. The smallest absolute Gasteiger partial charge is 0.167 e. The van der Waals surface area contributed by atoms with Gasteiger partial charge >= 0.3 is 0 Å². The van der Waals surface area contributed by atoms with Gasteiger partial charge in [-0.15, -0.1) is 0 Å². The number of Topliss-reactive ketones (excluding diaryl/α,β-unsaturated/α-hetero) is 1. The monoisotopic (exact) mass is 386 g/mol. The molecule has 6 heteroatoms. The van der Waals surface area contributed by atoms with Gasteiger partial charge in [-0.3, -0.25) is 4.79 Å². The molecule has 0 amide bonds. The fraction of sp³-hybridized carbons (Fsp3) is 0.409. The van der Waals surface area contributed by atoms with Crippen LogP contribution in [0.15, 0.2) is 42.5 Å². The summed E-state index contributed by atoms with van der Waals surface area (Å²) in [6, 6.07) is 12.5. The van der Waals surface area contributed by atoms with Crippen LogP contribution in [0.1, 0.15) is 44.9 Å². The van der Waals surface area contributed by atoms with E-state index in [1.165, 1.54) is 6.92 Å². The van der Waals surface area contributed by atoms with Crippen molar-refractivity contribution in [2.24, 2.45) is 0 Å². The van der Waals surface area contributed by atoms with Crippen molar-refractivity contribution >= 4 is 11.5 Å². The minimum absolute atomic E-state index is 0.0269. The number of rotatable bonds is 9. The maximum absolute atomic E-state index is 11.0. The van der Waals surface area contributed by atoms with E-state index >= 15 is 0 Å². The maximum atomic E-state index is 11.0. The van der Waals surface area contributed by atoms with Crippen LogP contribution < -0.4 is 15.4 Å². The molecular weight excluding hydrogens is 356 g/mol. The Labute approximate surface area is 166 Å². The second-order valence-electron chi connectivity index (χ2n) is 7.91. The molecule has 1 atom stereocenters. The van der Waals surface area contributed by atoms with E-state index in [1.54, 1.807) is 30.3 Å². The molecule has 0 saturated heterocycles. The number of nitrogens with one attached hydrogen (secondary N) is 2. The third-order valence-corrected chi connectivity index (χ3v) is 4.08. The highest BCUT2D eigenvalue weighted by Crippen LogP contribution is 2.28. The van der Waals surface area contributed by atoms with E-state index in [0.29, 0.717) is 24.5 Å². The number of ketones is 1. The zero-order valence-electron chi connectivity index (χ0n) is 17.0. The second-order valence-corrected chi connectivity index (χ2v) is 7.91. The third-order valence-electron chi connectivity index (χ3n) is 4.08. The molecule has 0 bridgehead atoms. The lowest BCUT2D eigenvalue weighted by atomic mass is 10.1. The SMILES string of the molecule is CC(=O)COc1ccc(CNc2cc(C(O)CNC(C)(C)C)ccc2O)cc1. The highest BCUT2D eigenvalue weighted by atomic mass is 16.5. The summed E-state index contributed by atoms with van der Waals surface area (Å²) >= 11 is 0. The first-order chi connectivity index (χ1) is 13.1. The molecule has 0 spiro atoms. The third kappa shape index (κ3) is 7.21. The van der Waals surface area contributed by atoms with Crippen LogP contribution in [0.3, 0.4) is 0 Å². The number of aromatic hydroxyl groups is 1. The topological polar surface area (TPSA) is 90.8 Å². The fourth-order valence-electron chi connectivity index (χ4n) is 2.51. The van der Waals surface area contributed by atoms with E-state index in [1.807, 2.05) is 32.9 Å². The Morgan fingerprint density at radius 1 is 1.14 bits per heavy atom. The molecule has 1 unspecified atom stereocenters. The number of phenols is 1. The average Bonchev–Trinajstić information content (AvgIpc) is 2.64. The zero-order chi connectivity index (χ0) is 20.7. The van der Waals surface area contributed by atoms with Crippen LogP contribution in [0.4, 0.5) is 5.69 Å². The van der Waals surface area contributed by atoms with Crippen molar-refractivity contribution in [1.82, 2.24) is 5.32 Å². The number of benzene rings is 2. The summed E-state index contributed by atoms with van der Waals surface area (Å²) in [6.45, 7) is 8.59. The summed E-state index contributed by atoms with van der Waals surface area (Å²) < 4.78 is 5.35. The van der Waals surface area contributed by atoms with Gasteiger partial charge in [0.05, 0.1) is 11.8 Å². The van der Waals surface area contributed by atoms with Crippen molar-refractivity contribution in [2.75, 3.05) is 18.5 Å². The van der Waals surface area contributed by atoms with Crippen LogP contribution in [-0.2, 0) is 11.3 Å². The molecule has 28 heavy (non-hydrogen) atoms. The first kappa shape index (κ1) is 21.7. The fourth-order valence-corrected chi connectivity index (χ4v) is 2.51. The van der Waals surface area contributed by atoms with Gasteiger partial charge in [0, 0.05) is 18.6 Å². The number of carbonyl (C=O) groups is 1. The highest BCUT2D eigenvalue weighted by molar-refractivity contribution is 5.77. The average molecular weight is 386 g/mol. The van der Waals surface area contributed by atoms with Crippen LogP contribution >= 0.6 is 0 Å². The molecule has 0 radical (unpaired) electrons. The van der Waals surface area contributed by atoms with Gasteiger partial charge in [0.15, 0.2) is 5.78 Å². The summed E-state index contributed by atoms with van der Waals surface area (Å²) in [4.78, 5) is 11.0. The molecule has 2 rings (SSSR count). The van der Waals surface area contributed by atoms with Gasteiger partial charge < -0.3 is 25.6 Å². The van der Waals surface area contributed by atoms with Crippen LogP contribution in [0.2, 0.25) is 0 Å². The number of carbonyl (C=O) groups excluding carboxylic acids is 1. The number of β-amino-alcohol motifs (C(OH)–C–C–N with tert-alkyl or cyclic N) is 1. The number of aliphatic hydroxyl groups is 1. The van der Waals surface area contributed by atoms with Crippen molar-refractivity contribution in [1.29, 1.82) is 0 Å². The normalized spacial score (nSPS) is 12.5. The van der Waals surface area contributed by atoms with Gasteiger partial charge in [0.25, 0.3) is 0 Å². The standard InChI is InChI=1S/C22H30N2O4/c1-15(25)14-28-18-8-5-16(6-9-18)12-23-19-11-17(7-10-20(19)26)21(27)13-24-22(2,3)4/h5-11,21,23-24,26-27H,12-14H2,1-4H3. The minimum atomic E-state index is -0.668. The Hall–Kier alpha value is -2.57. The number of hydrogen-bond acceptors (Lipinski definition) is 6. The van der Waals surface area contributed by atoms with Crippen LogP contribution in [-0.4, -0.2) is 34.7 Å². The lowest BCUT2D eigenvalue weighted by molar-refractivity contribution is -0.118. The summed E-state index contributed by atoms with van der Waals surface area (Å²) in [7, 11) is 0. The van der Waals surface area contributed by atoms with Crippen LogP contribution in [0.5, 0.6) is 11.5 Å². The number of ether oxygens (including phenoxy) is 1. The van der Waals surface area contributed by atoms with Gasteiger partial charge in [-0.1, -0.05) is 18.2 Å². The predicted molar refractivity (Wildman–Crippen MR) is 111 cm³/mol. The first-order valence-electron chi connectivity index (χ1n) is 9.35. The predicted octanol–water partition coefficient (Wildman–Crippen LogP) is 3.39. The van der Waals surface area contributed by atoms with E-state index in [2.05, 4.69) is 10.6 Å². The largest absolute Gasteiger partial charge is 0.506 e. The lowest BCUT2D eigenvalue weighted by Gasteiger charge is -2.23. The molecule has 0 aliphatic heterocycles. The zero-order valence-corrected chi connectivity index (χ0v) is 17.0. The lowest BCUT2D eigenvalue weighted by Crippen LogP contribution is -2.38. The van der Waals surface area contributed by atoms with E-state index in [9.17, 15) is 15.0 Å². The van der Waals surface area contributed by atoms with E-state index in [-0.39, 0.29) is 23.7 Å². The molecule has 0 fully saturated rings. The summed E-state index contributed by atoms with van der Waals surface area (Å²) in [5.41, 5.74) is 2.20. The number of aliphatic hydroxyl groups excluding tert-OH is 1. The molecule has 0 aliphatic carbocycles. The molecule has 6 nitrogen and oxygen atoms in total. The Bertz CT molecular complexity index is 782. The Morgan fingerprint density at radius 3 is 2.43 bits per heavy atom. The molecule has 4 N–H and O–H groups in total. The molecule has 0 aromatic heterocycles. The van der Waals surface area contributed by atoms with Crippen molar-refractivity contribution in [2.45, 2.75) is 45.9 Å². The molecule has 152 valence electrons. The van der Waals surface area contributed by atoms with E-state index in [0.717, 1.165) is 11.1 Å². The molecular formula is C22H30N2O4. The number of hydrogen-bond donors (Lipinski definition) is 4. The van der Waals surface area contributed by atoms with Crippen molar-refractivity contribution in [3.63, 3.8) is 0 Å². The Morgan fingerprint density at radius 2 is 1.82 bits per heavy atom. The molecule has 0 saturated carbocycles. The van der Waals surface area contributed by atoms with Crippen LogP contribution in [0.25, 0.3) is 0 Å². The second kappa shape index (κ2) is 9.57. The molecule has 2 aromatic rings. The highest BCUT2D eigenvalue weighted by Gasteiger charge is 2.15. The number of anilines is 1. The summed E-state index contributed by atoms with van der Waals surface area (Å²) in [5.74, 6) is 0.736. The van der Waals surface area contributed by atoms with Gasteiger partial charge in [-0.2, -0.15) is 0 Å². The maximum Gasteiger partial charge on any atom is 0.167 e. The van der Waals surface area contributed by atoms with Gasteiger partial charge in [0.2, 0.25) is 0 Å². The number of phenolic OH excluding ortho intramolecular Hbond substituents is 1. The Kier molecular flexibility index (Phi) is 7.43. The summed E-state index contributed by atoms with van der Waals surface area (Å²) in [6.07, 6.45) is -0.668. The van der Waals surface area contributed by atoms with Gasteiger partial charge in [-0.05, 0) is 63.1 Å². The minimum Gasteiger partial charge on any atom is -0.506 e. The van der Waals surface area contributed by atoms with E-state index in [4.69, 9.17) is 4.74 Å². The van der Waals surface area contributed by atoms with Crippen molar-refractivity contribution in [3.05, 3.63) is 53.6 Å². The molecule has 2 aromatic carbocycles. The molecule has 0 aliphatic rings. The van der Waals surface area contributed by atoms with Crippen molar-refractivity contribution < 1.29 is 19.7 Å². The molecule has 0 heterocycles. The van der Waals surface area contributed by atoms with Gasteiger partial charge in [0.1, 0.15) is 18.1 Å². The van der Waals surface area contributed by atoms with Crippen molar-refractivity contribution in [3.8, 4) is 11.5 Å². The van der Waals surface area contributed by atoms with Gasteiger partial charge in [-0.25, -0.2) is 0 Å². The first-order valence-corrected chi connectivity index (χ1v) is 9.35. The quantitative estimate of drug-likeness (QED) is 0.494. The van der Waals surface area contributed by atoms with Crippen LogP contribution in [0, 0.1) is 0 Å².